The van der Waals surface area contributed by atoms with Crippen LogP contribution in [0.15, 0.2) is 0 Å². The molecule has 19 heavy (non-hydrogen) atoms. The van der Waals surface area contributed by atoms with E-state index in [1.807, 2.05) is 20.8 Å². The molecule has 0 aliphatic rings. The monoisotopic (exact) mass is 280 g/mol. The number of alkyl halides is 3. The average Bonchev–Trinajstić information content (AvgIpc) is 2.24. The first-order valence-corrected chi connectivity index (χ1v) is 7.64. The topological polar surface area (TPSA) is 0 Å². The fourth-order valence-corrected chi connectivity index (χ4v) is 2.62. The fourth-order valence-electron chi connectivity index (χ4n) is 2.62. The lowest BCUT2D eigenvalue weighted by molar-refractivity contribution is -0.195. The van der Waals surface area contributed by atoms with E-state index >= 15 is 0 Å². The Morgan fingerprint density at radius 2 is 1.21 bits per heavy atom. The van der Waals surface area contributed by atoms with Gasteiger partial charge >= 0.3 is 6.18 Å². The van der Waals surface area contributed by atoms with Crippen molar-refractivity contribution in [3.63, 3.8) is 0 Å². The second-order valence-electron chi connectivity index (χ2n) is 6.79. The van der Waals surface area contributed by atoms with E-state index in [0.29, 0.717) is 18.3 Å². The molecule has 0 saturated carbocycles. The van der Waals surface area contributed by atoms with Gasteiger partial charge in [0.25, 0.3) is 0 Å². The number of hydrogen-bond acceptors (Lipinski definition) is 0. The van der Waals surface area contributed by atoms with E-state index in [-0.39, 0.29) is 18.3 Å². The molecule has 0 radical (unpaired) electrons. The van der Waals surface area contributed by atoms with Gasteiger partial charge in [-0.3, -0.25) is 0 Å². The zero-order valence-electron chi connectivity index (χ0n) is 13.3. The Labute approximate surface area is 117 Å². The van der Waals surface area contributed by atoms with Gasteiger partial charge in [0, 0.05) is 0 Å². The van der Waals surface area contributed by atoms with Crippen LogP contribution in [0.25, 0.3) is 0 Å². The van der Waals surface area contributed by atoms with Gasteiger partial charge in [-0.15, -0.1) is 0 Å². The van der Waals surface area contributed by atoms with Crippen molar-refractivity contribution in [3.8, 4) is 0 Å². The maximum absolute atomic E-state index is 13.2. The van der Waals surface area contributed by atoms with Crippen molar-refractivity contribution in [2.75, 3.05) is 0 Å². The highest BCUT2D eigenvalue weighted by Gasteiger charge is 2.44. The third kappa shape index (κ3) is 7.22. The summed E-state index contributed by atoms with van der Waals surface area (Å²) in [6, 6.07) is 0. The Morgan fingerprint density at radius 3 is 1.58 bits per heavy atom. The van der Waals surface area contributed by atoms with Gasteiger partial charge < -0.3 is 0 Å². The molecule has 0 rings (SSSR count). The highest BCUT2D eigenvalue weighted by Crippen LogP contribution is 2.40. The molecule has 3 atom stereocenters. The average molecular weight is 280 g/mol. The highest BCUT2D eigenvalue weighted by atomic mass is 19.4. The first kappa shape index (κ1) is 18.8. The van der Waals surface area contributed by atoms with Crippen LogP contribution < -0.4 is 0 Å². The van der Waals surface area contributed by atoms with E-state index in [9.17, 15) is 13.2 Å². The van der Waals surface area contributed by atoms with Crippen LogP contribution in [-0.4, -0.2) is 6.18 Å². The van der Waals surface area contributed by atoms with Crippen molar-refractivity contribution in [1.82, 2.24) is 0 Å². The van der Waals surface area contributed by atoms with Crippen molar-refractivity contribution in [3.05, 3.63) is 0 Å². The fraction of sp³-hybridized carbons (Fsp3) is 1.00. The number of rotatable bonds is 8. The normalized spacial score (nSPS) is 17.8. The molecule has 0 aromatic carbocycles. The Bertz CT molecular complexity index is 231. The lowest BCUT2D eigenvalue weighted by Crippen LogP contribution is -2.33. The summed E-state index contributed by atoms with van der Waals surface area (Å²) in [7, 11) is 0. The molecule has 0 fully saturated rings. The zero-order valence-corrected chi connectivity index (χ0v) is 13.3. The first-order valence-electron chi connectivity index (χ1n) is 7.64. The zero-order chi connectivity index (χ0) is 15.2. The molecule has 0 heterocycles. The summed E-state index contributed by atoms with van der Waals surface area (Å²) in [5.41, 5.74) is 0. The minimum atomic E-state index is -4.06. The van der Waals surface area contributed by atoms with Gasteiger partial charge in [-0.1, -0.05) is 60.8 Å². The minimum absolute atomic E-state index is 0.108. The molecule has 0 aromatic rings. The van der Waals surface area contributed by atoms with Crippen LogP contribution >= 0.6 is 0 Å². The predicted octanol–water partition coefficient (Wildman–Crippen LogP) is 6.31. The van der Waals surface area contributed by atoms with Crippen molar-refractivity contribution in [2.45, 2.75) is 73.4 Å². The van der Waals surface area contributed by atoms with Gasteiger partial charge in [0.2, 0.25) is 0 Å². The molecule has 2 unspecified atom stereocenters. The van der Waals surface area contributed by atoms with Crippen LogP contribution in [0.5, 0.6) is 0 Å². The second-order valence-corrected chi connectivity index (χ2v) is 6.79. The number of halogens is 3. The van der Waals surface area contributed by atoms with Crippen LogP contribution in [0.4, 0.5) is 13.2 Å². The van der Waals surface area contributed by atoms with Gasteiger partial charge in [-0.05, 0) is 30.1 Å². The molecule has 0 amide bonds. The standard InChI is InChI=1S/C16H31F3/c1-11(2)9-7-8-10-15(16(17,18)19)14(6)13(5)12(3)4/h11-15H,7-10H2,1-6H3/t13?,14?,15-/m1/s1. The number of hydrogen-bond donors (Lipinski definition) is 0. The molecular weight excluding hydrogens is 249 g/mol. The molecule has 116 valence electrons. The van der Waals surface area contributed by atoms with Crippen molar-refractivity contribution >= 4 is 0 Å². The van der Waals surface area contributed by atoms with E-state index in [4.69, 9.17) is 0 Å². The summed E-state index contributed by atoms with van der Waals surface area (Å²) >= 11 is 0. The molecular formula is C16H31F3. The predicted molar refractivity (Wildman–Crippen MR) is 76.0 cm³/mol. The van der Waals surface area contributed by atoms with Crippen LogP contribution in [-0.2, 0) is 0 Å². The minimum Gasteiger partial charge on any atom is -0.171 e. The maximum Gasteiger partial charge on any atom is 0.392 e. The molecule has 0 aromatic heterocycles. The van der Waals surface area contributed by atoms with Crippen LogP contribution in [0.1, 0.15) is 67.2 Å². The maximum atomic E-state index is 13.2. The Morgan fingerprint density at radius 1 is 0.737 bits per heavy atom. The van der Waals surface area contributed by atoms with Crippen LogP contribution in [0, 0.1) is 29.6 Å². The summed E-state index contributed by atoms with van der Waals surface area (Å²) in [5, 5.41) is 0. The second kappa shape index (κ2) is 8.16. The van der Waals surface area contributed by atoms with E-state index in [0.717, 1.165) is 12.8 Å². The lowest BCUT2D eigenvalue weighted by atomic mass is 9.76. The van der Waals surface area contributed by atoms with Crippen molar-refractivity contribution in [2.24, 2.45) is 29.6 Å². The summed E-state index contributed by atoms with van der Waals surface area (Å²) in [5.74, 6) is -0.445. The summed E-state index contributed by atoms with van der Waals surface area (Å²) in [4.78, 5) is 0. The summed E-state index contributed by atoms with van der Waals surface area (Å²) in [6.45, 7) is 12.0. The molecule has 0 aliphatic heterocycles. The summed E-state index contributed by atoms with van der Waals surface area (Å²) in [6.07, 6.45) is -1.14. The molecule has 0 aliphatic carbocycles. The van der Waals surface area contributed by atoms with Gasteiger partial charge in [0.1, 0.15) is 0 Å². The molecule has 0 bridgehead atoms. The Hall–Kier alpha value is -0.210. The molecule has 0 saturated heterocycles. The third-order valence-corrected chi connectivity index (χ3v) is 4.48. The largest absolute Gasteiger partial charge is 0.392 e. The van der Waals surface area contributed by atoms with Gasteiger partial charge in [0.05, 0.1) is 5.92 Å². The van der Waals surface area contributed by atoms with Gasteiger partial charge in [-0.25, -0.2) is 0 Å². The van der Waals surface area contributed by atoms with Crippen molar-refractivity contribution in [1.29, 1.82) is 0 Å². The molecule has 0 nitrogen and oxygen atoms in total. The first-order chi connectivity index (χ1) is 8.57. The number of unbranched alkanes of at least 4 members (excludes halogenated alkanes) is 1. The Balaban J connectivity index is 4.48. The smallest absolute Gasteiger partial charge is 0.171 e. The van der Waals surface area contributed by atoms with E-state index in [2.05, 4.69) is 13.8 Å². The summed E-state index contributed by atoms with van der Waals surface area (Å²) < 4.78 is 39.5. The molecule has 0 N–H and O–H groups in total. The van der Waals surface area contributed by atoms with Crippen LogP contribution in [0.3, 0.4) is 0 Å². The van der Waals surface area contributed by atoms with Gasteiger partial charge in [0.15, 0.2) is 0 Å². The quantitative estimate of drug-likeness (QED) is 0.457. The van der Waals surface area contributed by atoms with Crippen LogP contribution in [0.2, 0.25) is 0 Å². The van der Waals surface area contributed by atoms with E-state index < -0.39 is 12.1 Å². The highest BCUT2D eigenvalue weighted by molar-refractivity contribution is 4.78. The lowest BCUT2D eigenvalue weighted by Gasteiger charge is -2.32. The van der Waals surface area contributed by atoms with E-state index in [1.54, 1.807) is 6.92 Å². The SMILES string of the molecule is CC(C)CCCC[C@H](C(C)C(C)C(C)C)C(F)(F)F. The molecule has 0 spiro atoms. The molecule has 3 heteroatoms. The van der Waals surface area contributed by atoms with Crippen molar-refractivity contribution < 1.29 is 13.2 Å². The Kier molecular flexibility index (Phi) is 8.07. The van der Waals surface area contributed by atoms with Gasteiger partial charge in [-0.2, -0.15) is 13.2 Å². The van der Waals surface area contributed by atoms with E-state index in [1.165, 1.54) is 0 Å². The third-order valence-electron chi connectivity index (χ3n) is 4.48.